The first-order chi connectivity index (χ1) is 6.74. The van der Waals surface area contributed by atoms with Gasteiger partial charge in [0.1, 0.15) is 5.78 Å². The third kappa shape index (κ3) is 1.60. The van der Waals surface area contributed by atoms with E-state index in [2.05, 4.69) is 47.7 Å². The number of Topliss-reactive ketones (excluding diaryl/α,β-unsaturated/α-hetero) is 1. The van der Waals surface area contributed by atoms with Crippen LogP contribution in [0.3, 0.4) is 0 Å². The summed E-state index contributed by atoms with van der Waals surface area (Å²) in [6.07, 6.45) is 1.73. The highest BCUT2D eigenvalue weighted by Gasteiger charge is 2.39. The van der Waals surface area contributed by atoms with Crippen molar-refractivity contribution in [3.05, 3.63) is 33.4 Å². The van der Waals surface area contributed by atoms with Crippen LogP contribution < -0.4 is 0 Å². The predicted octanol–water partition coefficient (Wildman–Crippen LogP) is 3.37. The number of carbonyl (C=O) groups is 1. The number of rotatable bonds is 2. The van der Waals surface area contributed by atoms with E-state index in [0.29, 0.717) is 11.7 Å². The third-order valence-electron chi connectivity index (χ3n) is 3.06. The molecule has 1 aromatic rings. The quantitative estimate of drug-likeness (QED) is 0.765. The van der Waals surface area contributed by atoms with Crippen LogP contribution in [0.5, 0.6) is 0 Å². The van der Waals surface area contributed by atoms with Crippen LogP contribution in [0.4, 0.5) is 0 Å². The maximum absolute atomic E-state index is 11.4. The molecular weight excluding hydrogens is 287 g/mol. The smallest absolute Gasteiger partial charge is 0.137 e. The number of halogens is 1. The van der Waals surface area contributed by atoms with E-state index in [1.54, 1.807) is 0 Å². The Labute approximate surface area is 98.0 Å². The summed E-state index contributed by atoms with van der Waals surface area (Å²) in [7, 11) is 0. The van der Waals surface area contributed by atoms with Crippen molar-refractivity contribution in [3.8, 4) is 0 Å². The van der Waals surface area contributed by atoms with Crippen molar-refractivity contribution in [2.45, 2.75) is 25.7 Å². The number of benzene rings is 1. The number of ketones is 1. The maximum Gasteiger partial charge on any atom is 0.137 e. The molecule has 0 aliphatic heterocycles. The molecule has 2 heteroatoms. The lowest BCUT2D eigenvalue weighted by Crippen LogP contribution is -2.35. The molecule has 0 radical (unpaired) electrons. The van der Waals surface area contributed by atoms with Crippen LogP contribution in [0.2, 0.25) is 0 Å². The Morgan fingerprint density at radius 2 is 2.14 bits per heavy atom. The summed E-state index contributed by atoms with van der Waals surface area (Å²) in [4.78, 5) is 11.4. The van der Waals surface area contributed by atoms with Crippen molar-refractivity contribution in [2.75, 3.05) is 0 Å². The van der Waals surface area contributed by atoms with E-state index in [9.17, 15) is 4.79 Å². The fraction of sp³-hybridized carbons (Fsp3) is 0.417. The molecule has 14 heavy (non-hydrogen) atoms. The summed E-state index contributed by atoms with van der Waals surface area (Å²) < 4.78 is 1.29. The summed E-state index contributed by atoms with van der Waals surface area (Å²) >= 11 is 2.35. The second kappa shape index (κ2) is 4.01. The van der Waals surface area contributed by atoms with Gasteiger partial charge in [-0.1, -0.05) is 25.1 Å². The van der Waals surface area contributed by atoms with E-state index in [1.165, 1.54) is 9.13 Å². The first-order valence-corrected chi connectivity index (χ1v) is 6.09. The lowest BCUT2D eigenvalue weighted by atomic mass is 9.68. The Kier molecular flexibility index (Phi) is 2.91. The molecule has 2 atom stereocenters. The van der Waals surface area contributed by atoms with Gasteiger partial charge in [-0.25, -0.2) is 0 Å². The summed E-state index contributed by atoms with van der Waals surface area (Å²) in [5.74, 6) is 1.21. The van der Waals surface area contributed by atoms with Gasteiger partial charge >= 0.3 is 0 Å². The molecule has 74 valence electrons. The lowest BCUT2D eigenvalue weighted by molar-refractivity contribution is -0.131. The average Bonchev–Trinajstić information content (AvgIpc) is 2.16. The van der Waals surface area contributed by atoms with Crippen molar-refractivity contribution < 1.29 is 4.79 Å². The van der Waals surface area contributed by atoms with Crippen LogP contribution in [0.25, 0.3) is 0 Å². The second-order valence-corrected chi connectivity index (χ2v) is 4.98. The highest BCUT2D eigenvalue weighted by atomic mass is 127. The molecule has 0 heterocycles. The van der Waals surface area contributed by atoms with Crippen LogP contribution in [0.15, 0.2) is 24.3 Å². The maximum atomic E-state index is 11.4. The molecule has 0 N–H and O–H groups in total. The van der Waals surface area contributed by atoms with Gasteiger partial charge in [-0.05, 0) is 40.6 Å². The largest absolute Gasteiger partial charge is 0.299 e. The average molecular weight is 300 g/mol. The standard InChI is InChI=1S/C12H13IO/c1-2-8-10(7-12(8)14)9-5-3-4-6-11(9)13/h3-6,8,10H,2,7H2,1H3. The molecule has 2 unspecified atom stereocenters. The minimum absolute atomic E-state index is 0.283. The fourth-order valence-electron chi connectivity index (χ4n) is 2.19. The van der Waals surface area contributed by atoms with Gasteiger partial charge in [-0.15, -0.1) is 0 Å². The molecule has 1 saturated carbocycles. The fourth-order valence-corrected chi connectivity index (χ4v) is 2.98. The lowest BCUT2D eigenvalue weighted by Gasteiger charge is -2.35. The zero-order valence-corrected chi connectivity index (χ0v) is 10.3. The van der Waals surface area contributed by atoms with Gasteiger partial charge in [0.05, 0.1) is 0 Å². The molecule has 0 amide bonds. The number of hydrogen-bond acceptors (Lipinski definition) is 1. The highest BCUT2D eigenvalue weighted by Crippen LogP contribution is 2.42. The van der Waals surface area contributed by atoms with Crippen molar-refractivity contribution in [3.63, 3.8) is 0 Å². The van der Waals surface area contributed by atoms with E-state index in [1.807, 2.05) is 6.07 Å². The normalized spacial score (nSPS) is 26.0. The zero-order chi connectivity index (χ0) is 10.1. The summed E-state index contributed by atoms with van der Waals surface area (Å²) in [5, 5.41) is 0. The predicted molar refractivity (Wildman–Crippen MR) is 65.3 cm³/mol. The van der Waals surface area contributed by atoms with E-state index >= 15 is 0 Å². The SMILES string of the molecule is CCC1C(=O)CC1c1ccccc1I. The van der Waals surface area contributed by atoms with E-state index in [4.69, 9.17) is 0 Å². The van der Waals surface area contributed by atoms with E-state index in [0.717, 1.165) is 12.8 Å². The van der Waals surface area contributed by atoms with E-state index in [-0.39, 0.29) is 5.92 Å². The van der Waals surface area contributed by atoms with Crippen LogP contribution in [-0.4, -0.2) is 5.78 Å². The van der Waals surface area contributed by atoms with Crippen LogP contribution in [0, 0.1) is 9.49 Å². The molecule has 1 aromatic carbocycles. The molecule has 0 spiro atoms. The van der Waals surface area contributed by atoms with Crippen molar-refractivity contribution in [1.29, 1.82) is 0 Å². The van der Waals surface area contributed by atoms with Crippen LogP contribution in [0.1, 0.15) is 31.2 Å². The Balaban J connectivity index is 2.25. The van der Waals surface area contributed by atoms with Gasteiger partial charge < -0.3 is 0 Å². The molecule has 0 bridgehead atoms. The van der Waals surface area contributed by atoms with Crippen LogP contribution in [-0.2, 0) is 4.79 Å². The number of hydrogen-bond donors (Lipinski definition) is 0. The Morgan fingerprint density at radius 1 is 1.43 bits per heavy atom. The monoisotopic (exact) mass is 300 g/mol. The van der Waals surface area contributed by atoms with E-state index < -0.39 is 0 Å². The third-order valence-corrected chi connectivity index (χ3v) is 4.05. The molecular formula is C12H13IO. The first-order valence-electron chi connectivity index (χ1n) is 5.01. The molecule has 1 nitrogen and oxygen atoms in total. The molecule has 2 rings (SSSR count). The number of carbonyl (C=O) groups excluding carboxylic acids is 1. The molecule has 1 aliphatic carbocycles. The minimum atomic E-state index is 0.283. The van der Waals surface area contributed by atoms with Crippen molar-refractivity contribution >= 4 is 28.4 Å². The van der Waals surface area contributed by atoms with Crippen LogP contribution >= 0.6 is 22.6 Å². The Bertz CT molecular complexity index is 359. The van der Waals surface area contributed by atoms with Gasteiger partial charge in [-0.2, -0.15) is 0 Å². The minimum Gasteiger partial charge on any atom is -0.299 e. The Morgan fingerprint density at radius 3 is 2.71 bits per heavy atom. The van der Waals surface area contributed by atoms with Gasteiger partial charge in [0.25, 0.3) is 0 Å². The van der Waals surface area contributed by atoms with Crippen molar-refractivity contribution in [1.82, 2.24) is 0 Å². The molecule has 0 aromatic heterocycles. The van der Waals surface area contributed by atoms with Gasteiger partial charge in [0, 0.05) is 21.8 Å². The summed E-state index contributed by atoms with van der Waals surface area (Å²) in [5.41, 5.74) is 1.36. The Hall–Kier alpha value is -0.380. The topological polar surface area (TPSA) is 17.1 Å². The second-order valence-electron chi connectivity index (χ2n) is 3.81. The highest BCUT2D eigenvalue weighted by molar-refractivity contribution is 14.1. The van der Waals surface area contributed by atoms with Gasteiger partial charge in [0.15, 0.2) is 0 Å². The molecule has 1 aliphatic rings. The zero-order valence-electron chi connectivity index (χ0n) is 8.16. The van der Waals surface area contributed by atoms with Gasteiger partial charge in [-0.3, -0.25) is 4.79 Å². The summed E-state index contributed by atoms with van der Waals surface area (Å²) in [6.45, 7) is 2.10. The van der Waals surface area contributed by atoms with Gasteiger partial charge in [0.2, 0.25) is 0 Å². The van der Waals surface area contributed by atoms with Crippen molar-refractivity contribution in [2.24, 2.45) is 5.92 Å². The molecule has 0 saturated heterocycles. The molecule has 1 fully saturated rings. The summed E-state index contributed by atoms with van der Waals surface area (Å²) in [6, 6.07) is 8.38. The first kappa shape index (κ1) is 10.1.